The van der Waals surface area contributed by atoms with E-state index in [1.54, 1.807) is 0 Å². The summed E-state index contributed by atoms with van der Waals surface area (Å²) in [6, 6.07) is 4.38. The van der Waals surface area contributed by atoms with Crippen molar-refractivity contribution in [3.8, 4) is 0 Å². The molecule has 7 heteroatoms. The number of amides is 2. The fourth-order valence-electron chi connectivity index (χ4n) is 1.92. The molecule has 2 atom stereocenters. The Labute approximate surface area is 143 Å². The van der Waals surface area contributed by atoms with Crippen LogP contribution in [0.15, 0.2) is 18.2 Å². The minimum absolute atomic E-state index is 0.0738. The maximum Gasteiger partial charge on any atom is 0.237 e. The molecule has 7 nitrogen and oxygen atoms in total. The number of pyridine rings is 1. The Hall–Kier alpha value is -1.99. The summed E-state index contributed by atoms with van der Waals surface area (Å²) < 4.78 is 0. The van der Waals surface area contributed by atoms with Gasteiger partial charge in [0.05, 0.1) is 36.6 Å². The summed E-state index contributed by atoms with van der Waals surface area (Å²) in [5.41, 5.74) is 13.0. The summed E-state index contributed by atoms with van der Waals surface area (Å²) in [4.78, 5) is 28.1. The lowest BCUT2D eigenvalue weighted by Crippen LogP contribution is -2.44. The van der Waals surface area contributed by atoms with Gasteiger partial charge in [-0.05, 0) is 24.0 Å². The van der Waals surface area contributed by atoms with E-state index in [4.69, 9.17) is 11.5 Å². The van der Waals surface area contributed by atoms with Crippen LogP contribution in [-0.4, -0.2) is 28.9 Å². The van der Waals surface area contributed by atoms with Gasteiger partial charge in [0.15, 0.2) is 0 Å². The number of nitrogens with zero attached hydrogens (tertiary/aromatic N) is 1. The van der Waals surface area contributed by atoms with E-state index in [1.165, 1.54) is 0 Å². The van der Waals surface area contributed by atoms with Crippen LogP contribution in [0, 0.1) is 11.8 Å². The van der Waals surface area contributed by atoms with E-state index >= 15 is 0 Å². The quantitative estimate of drug-likeness (QED) is 0.543. The van der Waals surface area contributed by atoms with Crippen molar-refractivity contribution in [3.05, 3.63) is 29.6 Å². The molecular weight excluding hydrogens is 306 g/mol. The second-order valence-corrected chi connectivity index (χ2v) is 6.60. The Morgan fingerprint density at radius 3 is 1.62 bits per heavy atom. The summed E-state index contributed by atoms with van der Waals surface area (Å²) in [7, 11) is 0. The van der Waals surface area contributed by atoms with E-state index in [0.717, 1.165) is 0 Å². The van der Waals surface area contributed by atoms with Crippen molar-refractivity contribution < 1.29 is 9.59 Å². The number of nitrogens with two attached hydrogens (primary N) is 2. The molecule has 0 saturated heterocycles. The maximum atomic E-state index is 11.9. The lowest BCUT2D eigenvalue weighted by molar-refractivity contribution is -0.124. The SMILES string of the molecule is CC(C)[C@H](N)C(=O)NCc1cccc(CNC(=O)[C@@H](N)C(C)C)n1. The summed E-state index contributed by atoms with van der Waals surface area (Å²) in [5, 5.41) is 5.54. The third kappa shape index (κ3) is 6.25. The Balaban J connectivity index is 2.55. The minimum Gasteiger partial charge on any atom is -0.349 e. The van der Waals surface area contributed by atoms with Crippen LogP contribution in [0.4, 0.5) is 0 Å². The standard InChI is InChI=1S/C17H29N5O2/c1-10(2)14(18)16(23)20-8-12-6-5-7-13(22-12)9-21-17(24)15(19)11(3)4/h5-7,10-11,14-15H,8-9,18-19H2,1-4H3,(H,20,23)(H,21,24)/t14-,15-/m0/s1. The molecule has 0 saturated carbocycles. The van der Waals surface area contributed by atoms with Gasteiger partial charge in [0.1, 0.15) is 0 Å². The predicted octanol–water partition coefficient (Wildman–Crippen LogP) is 0.281. The van der Waals surface area contributed by atoms with Gasteiger partial charge in [-0.25, -0.2) is 0 Å². The van der Waals surface area contributed by atoms with Crippen LogP contribution in [0.25, 0.3) is 0 Å². The second kappa shape index (κ2) is 9.34. The first-order valence-electron chi connectivity index (χ1n) is 8.23. The highest BCUT2D eigenvalue weighted by Crippen LogP contribution is 2.03. The first-order valence-corrected chi connectivity index (χ1v) is 8.23. The summed E-state index contributed by atoms with van der Waals surface area (Å²) in [6.07, 6.45) is 0. The Kier molecular flexibility index (Phi) is 7.81. The minimum atomic E-state index is -0.537. The van der Waals surface area contributed by atoms with Gasteiger partial charge < -0.3 is 22.1 Å². The average Bonchev–Trinajstić information content (AvgIpc) is 2.56. The fraction of sp³-hybridized carbons (Fsp3) is 0.588. The van der Waals surface area contributed by atoms with Crippen molar-refractivity contribution in [1.82, 2.24) is 15.6 Å². The van der Waals surface area contributed by atoms with Crippen LogP contribution < -0.4 is 22.1 Å². The topological polar surface area (TPSA) is 123 Å². The molecule has 0 radical (unpaired) electrons. The molecule has 24 heavy (non-hydrogen) atoms. The molecule has 1 heterocycles. The predicted molar refractivity (Wildman–Crippen MR) is 93.6 cm³/mol. The average molecular weight is 335 g/mol. The van der Waals surface area contributed by atoms with Crippen molar-refractivity contribution in [2.75, 3.05) is 0 Å². The lowest BCUT2D eigenvalue weighted by atomic mass is 10.1. The number of rotatable bonds is 8. The van der Waals surface area contributed by atoms with E-state index in [0.29, 0.717) is 24.5 Å². The van der Waals surface area contributed by atoms with Crippen molar-refractivity contribution in [2.24, 2.45) is 23.3 Å². The molecule has 0 unspecified atom stereocenters. The fourth-order valence-corrected chi connectivity index (χ4v) is 1.92. The van der Waals surface area contributed by atoms with Crippen LogP contribution in [0.3, 0.4) is 0 Å². The third-order valence-electron chi connectivity index (χ3n) is 3.79. The zero-order chi connectivity index (χ0) is 18.3. The highest BCUT2D eigenvalue weighted by atomic mass is 16.2. The van der Waals surface area contributed by atoms with Gasteiger partial charge in [-0.1, -0.05) is 33.8 Å². The molecule has 0 aliphatic carbocycles. The van der Waals surface area contributed by atoms with E-state index in [2.05, 4.69) is 15.6 Å². The van der Waals surface area contributed by atoms with Crippen LogP contribution in [0.1, 0.15) is 39.1 Å². The Morgan fingerprint density at radius 1 is 0.917 bits per heavy atom. The molecule has 1 rings (SSSR count). The molecule has 2 amide bonds. The normalized spacial score (nSPS) is 13.7. The van der Waals surface area contributed by atoms with Crippen molar-refractivity contribution in [1.29, 1.82) is 0 Å². The van der Waals surface area contributed by atoms with Gasteiger partial charge in [-0.3, -0.25) is 14.6 Å². The zero-order valence-electron chi connectivity index (χ0n) is 14.9. The van der Waals surface area contributed by atoms with Crippen molar-refractivity contribution >= 4 is 11.8 Å². The largest absolute Gasteiger partial charge is 0.349 e. The van der Waals surface area contributed by atoms with Gasteiger partial charge in [-0.2, -0.15) is 0 Å². The van der Waals surface area contributed by atoms with Crippen LogP contribution in [0.2, 0.25) is 0 Å². The van der Waals surface area contributed by atoms with Crippen LogP contribution in [-0.2, 0) is 22.7 Å². The molecule has 1 aromatic heterocycles. The van der Waals surface area contributed by atoms with Gasteiger partial charge in [0, 0.05) is 0 Å². The number of carbonyl (C=O) groups is 2. The number of nitrogens with one attached hydrogen (secondary N) is 2. The number of aromatic nitrogens is 1. The molecule has 6 N–H and O–H groups in total. The third-order valence-corrected chi connectivity index (χ3v) is 3.79. The molecule has 0 aliphatic heterocycles. The van der Waals surface area contributed by atoms with E-state index in [-0.39, 0.29) is 23.7 Å². The number of hydrogen-bond acceptors (Lipinski definition) is 5. The van der Waals surface area contributed by atoms with Crippen molar-refractivity contribution in [2.45, 2.75) is 52.9 Å². The second-order valence-electron chi connectivity index (χ2n) is 6.60. The van der Waals surface area contributed by atoms with E-state index in [9.17, 15) is 9.59 Å². The summed E-state index contributed by atoms with van der Waals surface area (Å²) >= 11 is 0. The summed E-state index contributed by atoms with van der Waals surface area (Å²) in [6.45, 7) is 8.18. The molecule has 1 aromatic rings. The van der Waals surface area contributed by atoms with E-state index < -0.39 is 12.1 Å². The number of hydrogen-bond donors (Lipinski definition) is 4. The summed E-state index contributed by atoms with van der Waals surface area (Å²) in [5.74, 6) is -0.254. The Morgan fingerprint density at radius 2 is 1.29 bits per heavy atom. The molecule has 0 fully saturated rings. The lowest BCUT2D eigenvalue weighted by Gasteiger charge is -2.16. The smallest absolute Gasteiger partial charge is 0.237 e. The number of carbonyl (C=O) groups excluding carboxylic acids is 2. The molecular formula is C17H29N5O2. The Bertz CT molecular complexity index is 514. The zero-order valence-corrected chi connectivity index (χ0v) is 14.9. The van der Waals surface area contributed by atoms with E-state index in [1.807, 2.05) is 45.9 Å². The van der Waals surface area contributed by atoms with Crippen molar-refractivity contribution in [3.63, 3.8) is 0 Å². The van der Waals surface area contributed by atoms with Gasteiger partial charge >= 0.3 is 0 Å². The molecule has 0 spiro atoms. The highest BCUT2D eigenvalue weighted by molar-refractivity contribution is 5.82. The first-order chi connectivity index (χ1) is 11.2. The molecule has 0 aliphatic rings. The van der Waals surface area contributed by atoms with Gasteiger partial charge in [-0.15, -0.1) is 0 Å². The molecule has 134 valence electrons. The van der Waals surface area contributed by atoms with Crippen LogP contribution in [0.5, 0.6) is 0 Å². The first kappa shape index (κ1) is 20.1. The molecule has 0 aromatic carbocycles. The van der Waals surface area contributed by atoms with Gasteiger partial charge in [0.25, 0.3) is 0 Å². The highest BCUT2D eigenvalue weighted by Gasteiger charge is 2.18. The van der Waals surface area contributed by atoms with Gasteiger partial charge in [0.2, 0.25) is 11.8 Å². The van der Waals surface area contributed by atoms with Crippen LogP contribution >= 0.6 is 0 Å². The monoisotopic (exact) mass is 335 g/mol. The molecule has 0 bridgehead atoms. The maximum absolute atomic E-state index is 11.9.